The summed E-state index contributed by atoms with van der Waals surface area (Å²) in [5.41, 5.74) is 2.04. The summed E-state index contributed by atoms with van der Waals surface area (Å²) in [7, 11) is 0. The summed E-state index contributed by atoms with van der Waals surface area (Å²) in [4.78, 5) is 24.5. The van der Waals surface area contributed by atoms with E-state index >= 15 is 0 Å². The van der Waals surface area contributed by atoms with Crippen LogP contribution >= 0.6 is 0 Å². The van der Waals surface area contributed by atoms with Crippen LogP contribution in [0.1, 0.15) is 16.1 Å². The van der Waals surface area contributed by atoms with Gasteiger partial charge in [0, 0.05) is 22.3 Å². The third kappa shape index (κ3) is 4.67. The topological polar surface area (TPSA) is 83.4 Å². The van der Waals surface area contributed by atoms with Crippen LogP contribution in [0.3, 0.4) is 0 Å². The largest absolute Gasteiger partial charge is 0.467 e. The van der Waals surface area contributed by atoms with Crippen LogP contribution in [0.15, 0.2) is 89.5 Å². The van der Waals surface area contributed by atoms with Gasteiger partial charge >= 0.3 is 0 Å². The van der Waals surface area contributed by atoms with E-state index in [-0.39, 0.29) is 18.4 Å². The number of hydrogen-bond donors (Lipinski definition) is 3. The van der Waals surface area contributed by atoms with E-state index in [1.54, 1.807) is 42.7 Å². The minimum atomic E-state index is -0.207. The summed E-state index contributed by atoms with van der Waals surface area (Å²) >= 11 is 0. The predicted octanol–water partition coefficient (Wildman–Crippen LogP) is 4.41. The van der Waals surface area contributed by atoms with Crippen LogP contribution < -0.4 is 16.0 Å². The highest BCUT2D eigenvalue weighted by molar-refractivity contribution is 5.98. The lowest BCUT2D eigenvalue weighted by molar-refractivity contribution is -0.114. The average Bonchev–Trinajstić information content (AvgIpc) is 3.30. The molecule has 3 N–H and O–H groups in total. The Balaban J connectivity index is 1.30. The molecule has 0 radical (unpaired) electrons. The second-order valence-electron chi connectivity index (χ2n) is 6.77. The number of furan rings is 1. The van der Waals surface area contributed by atoms with Crippen LogP contribution in [0, 0.1) is 0 Å². The quantitative estimate of drug-likeness (QED) is 0.430. The Morgan fingerprint density at radius 1 is 0.833 bits per heavy atom. The third-order valence-corrected chi connectivity index (χ3v) is 4.66. The summed E-state index contributed by atoms with van der Waals surface area (Å²) in [5, 5.41) is 11.0. The molecule has 0 aliphatic rings. The van der Waals surface area contributed by atoms with Gasteiger partial charge in [-0.05, 0) is 47.9 Å². The van der Waals surface area contributed by atoms with Crippen molar-refractivity contribution in [2.24, 2.45) is 0 Å². The Bertz CT molecular complexity index is 1150. The fourth-order valence-corrected chi connectivity index (χ4v) is 3.15. The smallest absolute Gasteiger partial charge is 0.251 e. The van der Waals surface area contributed by atoms with E-state index in [4.69, 9.17) is 4.42 Å². The summed E-state index contributed by atoms with van der Waals surface area (Å²) in [6, 6.07) is 24.3. The first-order valence-electron chi connectivity index (χ1n) is 9.61. The molecule has 0 spiro atoms. The minimum Gasteiger partial charge on any atom is -0.467 e. The SMILES string of the molecule is O=C(CNc1cccc2ccccc12)Nc1ccc(C(=O)NCc2ccco2)cc1. The van der Waals surface area contributed by atoms with E-state index < -0.39 is 0 Å². The van der Waals surface area contributed by atoms with Crippen LogP contribution in [0.4, 0.5) is 11.4 Å². The monoisotopic (exact) mass is 399 g/mol. The standard InChI is InChI=1S/C24H21N3O3/c28-23(16-25-22-9-3-6-17-5-1-2-8-21(17)22)27-19-12-10-18(11-13-19)24(29)26-15-20-7-4-14-30-20/h1-14,25H,15-16H2,(H,26,29)(H,27,28). The summed E-state index contributed by atoms with van der Waals surface area (Å²) in [6.45, 7) is 0.462. The van der Waals surface area contributed by atoms with Crippen molar-refractivity contribution in [1.29, 1.82) is 0 Å². The number of carbonyl (C=O) groups excluding carboxylic acids is 2. The Morgan fingerprint density at radius 2 is 1.63 bits per heavy atom. The Morgan fingerprint density at radius 3 is 2.43 bits per heavy atom. The lowest BCUT2D eigenvalue weighted by atomic mass is 10.1. The molecule has 4 rings (SSSR count). The number of nitrogens with one attached hydrogen (secondary N) is 3. The maximum atomic E-state index is 12.3. The fourth-order valence-electron chi connectivity index (χ4n) is 3.15. The Hall–Kier alpha value is -4.06. The van der Waals surface area contributed by atoms with Crippen molar-refractivity contribution in [2.45, 2.75) is 6.54 Å². The zero-order chi connectivity index (χ0) is 20.8. The van der Waals surface area contributed by atoms with Gasteiger partial charge in [0.05, 0.1) is 19.4 Å². The number of rotatable bonds is 7. The van der Waals surface area contributed by atoms with E-state index in [0.29, 0.717) is 23.6 Å². The number of fused-ring (bicyclic) bond motifs is 1. The molecule has 0 atom stereocenters. The van der Waals surface area contributed by atoms with Crippen LogP contribution in [-0.2, 0) is 11.3 Å². The zero-order valence-electron chi connectivity index (χ0n) is 16.2. The van der Waals surface area contributed by atoms with Gasteiger partial charge in [-0.15, -0.1) is 0 Å². The second-order valence-corrected chi connectivity index (χ2v) is 6.77. The fraction of sp³-hybridized carbons (Fsp3) is 0.0833. The van der Waals surface area contributed by atoms with Crippen molar-refractivity contribution in [3.8, 4) is 0 Å². The van der Waals surface area contributed by atoms with Gasteiger partial charge in [0.1, 0.15) is 5.76 Å². The van der Waals surface area contributed by atoms with E-state index in [9.17, 15) is 9.59 Å². The third-order valence-electron chi connectivity index (χ3n) is 4.66. The van der Waals surface area contributed by atoms with Crippen LogP contribution in [0.2, 0.25) is 0 Å². The molecule has 30 heavy (non-hydrogen) atoms. The van der Waals surface area contributed by atoms with Gasteiger partial charge in [0.2, 0.25) is 5.91 Å². The second kappa shape index (κ2) is 8.96. The van der Waals surface area contributed by atoms with Gasteiger partial charge in [0.15, 0.2) is 0 Å². The van der Waals surface area contributed by atoms with E-state index in [1.807, 2.05) is 42.5 Å². The minimum absolute atomic E-state index is 0.138. The first-order valence-corrected chi connectivity index (χ1v) is 9.61. The number of carbonyl (C=O) groups is 2. The molecule has 6 heteroatoms. The molecule has 150 valence electrons. The molecular formula is C24H21N3O3. The van der Waals surface area contributed by atoms with Gasteiger partial charge in [-0.1, -0.05) is 36.4 Å². The van der Waals surface area contributed by atoms with Crippen LogP contribution in [-0.4, -0.2) is 18.4 Å². The van der Waals surface area contributed by atoms with Gasteiger partial charge in [-0.25, -0.2) is 0 Å². The van der Waals surface area contributed by atoms with Gasteiger partial charge < -0.3 is 20.4 Å². The molecule has 3 aromatic carbocycles. The summed E-state index contributed by atoms with van der Waals surface area (Å²) < 4.78 is 5.19. The van der Waals surface area contributed by atoms with Crippen molar-refractivity contribution >= 4 is 34.0 Å². The molecule has 0 aliphatic heterocycles. The molecule has 2 amide bonds. The van der Waals surface area contributed by atoms with E-state index in [2.05, 4.69) is 16.0 Å². The van der Waals surface area contributed by atoms with E-state index in [1.165, 1.54) is 0 Å². The van der Waals surface area contributed by atoms with Gasteiger partial charge in [-0.2, -0.15) is 0 Å². The van der Waals surface area contributed by atoms with Crippen LogP contribution in [0.5, 0.6) is 0 Å². The summed E-state index contributed by atoms with van der Waals surface area (Å²) in [5.74, 6) is 0.311. The van der Waals surface area contributed by atoms with Crippen molar-refractivity contribution in [3.63, 3.8) is 0 Å². The van der Waals surface area contributed by atoms with E-state index in [0.717, 1.165) is 16.5 Å². The zero-order valence-corrected chi connectivity index (χ0v) is 16.2. The molecule has 4 aromatic rings. The Labute approximate surface area is 173 Å². The lowest BCUT2D eigenvalue weighted by Gasteiger charge is -2.11. The first kappa shape index (κ1) is 19.3. The summed E-state index contributed by atoms with van der Waals surface area (Å²) in [6.07, 6.45) is 1.56. The Kier molecular flexibility index (Phi) is 5.75. The lowest BCUT2D eigenvalue weighted by Crippen LogP contribution is -2.23. The average molecular weight is 399 g/mol. The van der Waals surface area contributed by atoms with Gasteiger partial charge in [0.25, 0.3) is 5.91 Å². The molecular weight excluding hydrogens is 378 g/mol. The highest BCUT2D eigenvalue weighted by Crippen LogP contribution is 2.22. The van der Waals surface area contributed by atoms with Crippen molar-refractivity contribution < 1.29 is 14.0 Å². The molecule has 0 unspecified atom stereocenters. The molecule has 1 aromatic heterocycles. The molecule has 0 aliphatic carbocycles. The number of anilines is 2. The maximum Gasteiger partial charge on any atom is 0.251 e. The van der Waals surface area contributed by atoms with Crippen molar-refractivity contribution in [3.05, 3.63) is 96.4 Å². The molecule has 0 saturated heterocycles. The highest BCUT2D eigenvalue weighted by Gasteiger charge is 2.08. The van der Waals surface area contributed by atoms with Gasteiger partial charge in [-0.3, -0.25) is 9.59 Å². The molecule has 0 fully saturated rings. The number of hydrogen-bond acceptors (Lipinski definition) is 4. The molecule has 0 bridgehead atoms. The maximum absolute atomic E-state index is 12.3. The molecule has 6 nitrogen and oxygen atoms in total. The normalized spacial score (nSPS) is 10.5. The predicted molar refractivity (Wildman–Crippen MR) is 117 cm³/mol. The van der Waals surface area contributed by atoms with Crippen molar-refractivity contribution in [2.75, 3.05) is 17.2 Å². The number of amides is 2. The van der Waals surface area contributed by atoms with Crippen LogP contribution in [0.25, 0.3) is 10.8 Å². The highest BCUT2D eigenvalue weighted by atomic mass is 16.3. The first-order chi connectivity index (χ1) is 14.7. The van der Waals surface area contributed by atoms with Crippen molar-refractivity contribution in [1.82, 2.24) is 5.32 Å². The molecule has 0 saturated carbocycles. The molecule has 1 heterocycles. The number of benzene rings is 3.